The number of carbonyl (C=O) groups is 1. The van der Waals surface area contributed by atoms with Gasteiger partial charge in [-0.3, -0.25) is 9.59 Å². The van der Waals surface area contributed by atoms with Crippen LogP contribution in [0.25, 0.3) is 10.9 Å². The highest BCUT2D eigenvalue weighted by atomic mass is 16.3. The third kappa shape index (κ3) is 2.55. The molecule has 0 aliphatic carbocycles. The van der Waals surface area contributed by atoms with Gasteiger partial charge >= 0.3 is 0 Å². The van der Waals surface area contributed by atoms with Gasteiger partial charge in [0.05, 0.1) is 10.9 Å². The van der Waals surface area contributed by atoms with Gasteiger partial charge in [-0.2, -0.15) is 0 Å². The second-order valence-corrected chi connectivity index (χ2v) is 5.36. The molecule has 134 valence electrons. The summed E-state index contributed by atoms with van der Waals surface area (Å²) in [7, 11) is 0. The molecule has 10 nitrogen and oxygen atoms in total. The lowest BCUT2D eigenvalue weighted by Gasteiger charge is -2.09. The summed E-state index contributed by atoms with van der Waals surface area (Å²) < 4.78 is 0. The van der Waals surface area contributed by atoms with Crippen molar-refractivity contribution in [3.8, 4) is 34.5 Å². The number of rotatable bonds is 2. The Bertz CT molecular complexity index is 1100. The first kappa shape index (κ1) is 16.8. The van der Waals surface area contributed by atoms with Crippen LogP contribution in [0.3, 0.4) is 0 Å². The number of phenolic OH excluding ortho intramolecular Hbond substituents is 6. The number of hydrogen-bond donors (Lipinski definition) is 8. The lowest BCUT2D eigenvalue weighted by molar-refractivity contribution is 0.102. The minimum Gasteiger partial charge on any atom is -0.504 e. The second kappa shape index (κ2) is 5.77. The van der Waals surface area contributed by atoms with Crippen molar-refractivity contribution in [3.05, 3.63) is 40.2 Å². The van der Waals surface area contributed by atoms with E-state index in [1.54, 1.807) is 0 Å². The van der Waals surface area contributed by atoms with Crippen LogP contribution in [0.5, 0.6) is 34.5 Å². The molecule has 3 rings (SSSR count). The second-order valence-electron chi connectivity index (χ2n) is 5.36. The summed E-state index contributed by atoms with van der Waals surface area (Å²) >= 11 is 0. The van der Waals surface area contributed by atoms with Crippen molar-refractivity contribution < 1.29 is 35.4 Å². The summed E-state index contributed by atoms with van der Waals surface area (Å²) in [5.74, 6) is -5.56. The number of nitrogens with one attached hydrogen (secondary N) is 2. The van der Waals surface area contributed by atoms with Gasteiger partial charge in [-0.05, 0) is 0 Å². The quantitative estimate of drug-likeness (QED) is 0.246. The first-order chi connectivity index (χ1) is 12.2. The third-order valence-electron chi connectivity index (χ3n) is 3.67. The first-order valence-corrected chi connectivity index (χ1v) is 7.06. The van der Waals surface area contributed by atoms with E-state index in [1.807, 2.05) is 0 Å². The Morgan fingerprint density at radius 1 is 0.846 bits per heavy atom. The van der Waals surface area contributed by atoms with Crippen LogP contribution >= 0.6 is 0 Å². The molecule has 3 aromatic rings. The number of aromatic hydroxyl groups is 6. The van der Waals surface area contributed by atoms with Crippen LogP contribution in [-0.2, 0) is 0 Å². The molecule has 10 heteroatoms. The molecule has 0 atom stereocenters. The summed E-state index contributed by atoms with van der Waals surface area (Å²) in [5, 5.41) is 58.9. The Morgan fingerprint density at radius 3 is 2.04 bits per heavy atom. The number of amides is 1. The van der Waals surface area contributed by atoms with E-state index in [-0.39, 0.29) is 11.2 Å². The average Bonchev–Trinajstić information content (AvgIpc) is 2.57. The fourth-order valence-corrected chi connectivity index (χ4v) is 2.38. The molecule has 1 amide bonds. The Morgan fingerprint density at radius 2 is 1.42 bits per heavy atom. The molecule has 0 radical (unpaired) electrons. The van der Waals surface area contributed by atoms with Crippen molar-refractivity contribution in [2.75, 3.05) is 5.32 Å². The Hall–Kier alpha value is -4.08. The van der Waals surface area contributed by atoms with Crippen molar-refractivity contribution in [2.24, 2.45) is 0 Å². The Balaban J connectivity index is 2.07. The van der Waals surface area contributed by atoms with E-state index in [1.165, 1.54) is 0 Å². The normalized spacial score (nSPS) is 10.8. The molecule has 1 aromatic heterocycles. The number of phenols is 6. The summed E-state index contributed by atoms with van der Waals surface area (Å²) in [6.45, 7) is 0. The predicted molar refractivity (Wildman–Crippen MR) is 89.0 cm³/mol. The molecule has 2 aromatic carbocycles. The fraction of sp³-hybridized carbons (Fsp3) is 0. The number of anilines is 1. The zero-order valence-corrected chi connectivity index (χ0v) is 12.8. The van der Waals surface area contributed by atoms with E-state index >= 15 is 0 Å². The lowest BCUT2D eigenvalue weighted by Crippen LogP contribution is -2.22. The predicted octanol–water partition coefficient (Wildman–Crippen LogP) is 1.01. The minimum absolute atomic E-state index is 0.0146. The van der Waals surface area contributed by atoms with Gasteiger partial charge in [0, 0.05) is 30.1 Å². The number of benzene rings is 2. The van der Waals surface area contributed by atoms with Crippen LogP contribution in [-0.4, -0.2) is 41.5 Å². The molecular formula is C16H12N2O8. The minimum atomic E-state index is -0.954. The van der Waals surface area contributed by atoms with E-state index < -0.39 is 56.8 Å². The highest BCUT2D eigenvalue weighted by Crippen LogP contribution is 2.39. The van der Waals surface area contributed by atoms with Crippen LogP contribution in [0.15, 0.2) is 29.2 Å². The molecule has 8 N–H and O–H groups in total. The van der Waals surface area contributed by atoms with E-state index in [2.05, 4.69) is 10.3 Å². The summed E-state index contributed by atoms with van der Waals surface area (Å²) in [6, 6.07) is 2.90. The number of pyridine rings is 1. The molecule has 0 aliphatic heterocycles. The van der Waals surface area contributed by atoms with Crippen LogP contribution in [0.4, 0.5) is 5.69 Å². The van der Waals surface area contributed by atoms with Crippen LogP contribution in [0, 0.1) is 0 Å². The Kier molecular flexibility index (Phi) is 3.72. The van der Waals surface area contributed by atoms with Crippen LogP contribution in [0.2, 0.25) is 0 Å². The van der Waals surface area contributed by atoms with Crippen molar-refractivity contribution in [3.63, 3.8) is 0 Å². The number of H-pyrrole nitrogens is 1. The average molecular weight is 360 g/mol. The zero-order chi connectivity index (χ0) is 19.2. The summed E-state index contributed by atoms with van der Waals surface area (Å²) in [4.78, 5) is 27.3. The molecule has 0 fully saturated rings. The van der Waals surface area contributed by atoms with Gasteiger partial charge in [0.2, 0.25) is 11.2 Å². The molecular weight excluding hydrogens is 348 g/mol. The van der Waals surface area contributed by atoms with Crippen molar-refractivity contribution in [1.29, 1.82) is 0 Å². The number of aromatic nitrogens is 1. The van der Waals surface area contributed by atoms with Crippen molar-refractivity contribution in [2.45, 2.75) is 0 Å². The highest BCUT2D eigenvalue weighted by Gasteiger charge is 2.20. The molecule has 0 bridgehead atoms. The van der Waals surface area contributed by atoms with Gasteiger partial charge in [0.15, 0.2) is 28.7 Å². The van der Waals surface area contributed by atoms with E-state index in [4.69, 9.17) is 0 Å². The van der Waals surface area contributed by atoms with E-state index in [0.717, 1.165) is 24.4 Å². The Labute approximate surface area is 143 Å². The SMILES string of the molecule is O=C(Nc1cc(O)c(O)c(O)c1)c1c[nH]c2cc(O)c(O)c(O)c2c1=O. The van der Waals surface area contributed by atoms with Crippen molar-refractivity contribution >= 4 is 22.5 Å². The first-order valence-electron chi connectivity index (χ1n) is 7.06. The number of aromatic amines is 1. The number of fused-ring (bicyclic) bond motifs is 1. The van der Waals surface area contributed by atoms with Crippen molar-refractivity contribution in [1.82, 2.24) is 4.98 Å². The van der Waals surface area contributed by atoms with Gasteiger partial charge in [-0.25, -0.2) is 0 Å². The number of hydrogen-bond acceptors (Lipinski definition) is 8. The highest BCUT2D eigenvalue weighted by molar-refractivity contribution is 6.06. The van der Waals surface area contributed by atoms with E-state index in [0.29, 0.717) is 0 Å². The van der Waals surface area contributed by atoms with Gasteiger partial charge in [0.25, 0.3) is 5.91 Å². The van der Waals surface area contributed by atoms with Gasteiger partial charge in [0.1, 0.15) is 5.56 Å². The molecule has 0 saturated heterocycles. The molecule has 0 unspecified atom stereocenters. The van der Waals surface area contributed by atoms with Gasteiger partial charge in [-0.15, -0.1) is 0 Å². The fourth-order valence-electron chi connectivity index (χ4n) is 2.38. The molecule has 26 heavy (non-hydrogen) atoms. The topological polar surface area (TPSA) is 183 Å². The monoisotopic (exact) mass is 360 g/mol. The standard InChI is InChI=1S/C16H12N2O8/c19-8-1-5(2-9(20)13(8)23)18-16(26)6-4-17-7-3-10(21)14(24)15(25)11(7)12(6)22/h1-4,19-21,23-25H,(H,17,22)(H,18,26). The number of carbonyl (C=O) groups excluding carboxylic acids is 1. The van der Waals surface area contributed by atoms with Gasteiger partial charge in [-0.1, -0.05) is 0 Å². The maximum absolute atomic E-state index is 12.5. The largest absolute Gasteiger partial charge is 0.504 e. The van der Waals surface area contributed by atoms with E-state index in [9.17, 15) is 40.2 Å². The lowest BCUT2D eigenvalue weighted by atomic mass is 10.1. The molecule has 0 saturated carbocycles. The smallest absolute Gasteiger partial charge is 0.261 e. The van der Waals surface area contributed by atoms with Gasteiger partial charge < -0.3 is 40.9 Å². The molecule has 0 spiro atoms. The summed E-state index contributed by atoms with van der Waals surface area (Å²) in [6.07, 6.45) is 1.02. The third-order valence-corrected chi connectivity index (χ3v) is 3.67. The molecule has 0 aliphatic rings. The van der Waals surface area contributed by atoms with Crippen LogP contribution in [0.1, 0.15) is 10.4 Å². The summed E-state index contributed by atoms with van der Waals surface area (Å²) in [5.41, 5.74) is -1.51. The maximum Gasteiger partial charge on any atom is 0.261 e. The van der Waals surface area contributed by atoms with Crippen LogP contribution < -0.4 is 10.7 Å². The molecule has 1 heterocycles. The maximum atomic E-state index is 12.5. The zero-order valence-electron chi connectivity index (χ0n) is 12.8.